The van der Waals surface area contributed by atoms with Gasteiger partial charge >= 0.3 is 0 Å². The summed E-state index contributed by atoms with van der Waals surface area (Å²) in [5.41, 5.74) is 6.33. The zero-order valence-corrected chi connectivity index (χ0v) is 33.9. The van der Waals surface area contributed by atoms with Gasteiger partial charge in [-0.15, -0.1) is 5.10 Å². The van der Waals surface area contributed by atoms with Crippen LogP contribution in [0.25, 0.3) is 17.2 Å². The van der Waals surface area contributed by atoms with E-state index in [2.05, 4.69) is 210 Å². The van der Waals surface area contributed by atoms with Crippen LogP contribution in [0.15, 0.2) is 187 Å². The number of benzene rings is 6. The molecule has 2 heterocycles. The van der Waals surface area contributed by atoms with Crippen LogP contribution < -0.4 is 10.4 Å². The normalized spacial score (nSPS) is 11.9. The first-order chi connectivity index (χ1) is 26.8. The summed E-state index contributed by atoms with van der Waals surface area (Å²) < 4.78 is 12.2. The average Bonchev–Trinajstić information content (AvgIpc) is 3.87. The van der Waals surface area contributed by atoms with E-state index in [9.17, 15) is 0 Å². The predicted octanol–water partition coefficient (Wildman–Crippen LogP) is 9.09. The Bertz CT molecular complexity index is 2350. The van der Waals surface area contributed by atoms with Gasteiger partial charge < -0.3 is 8.99 Å². The van der Waals surface area contributed by atoms with Gasteiger partial charge in [-0.3, -0.25) is 0 Å². The molecule has 8 rings (SSSR count). The fourth-order valence-electron chi connectivity index (χ4n) is 7.50. The molecule has 0 spiro atoms. The third-order valence-corrected chi connectivity index (χ3v) is 13.1. The molecule has 0 aliphatic carbocycles. The first-order valence-electron chi connectivity index (χ1n) is 18.5. The van der Waals surface area contributed by atoms with Gasteiger partial charge in [0.05, 0.1) is 18.0 Å². The minimum absolute atomic E-state index is 0.0617. The third kappa shape index (κ3) is 7.16. The van der Waals surface area contributed by atoms with Crippen LogP contribution in [0.4, 0.5) is 0 Å². The third-order valence-electron chi connectivity index (χ3n) is 10.2. The zero-order chi connectivity index (χ0) is 37.8. The van der Waals surface area contributed by atoms with Crippen molar-refractivity contribution in [1.29, 1.82) is 0 Å². The van der Waals surface area contributed by atoms with E-state index in [-0.39, 0.29) is 5.41 Å². The maximum Gasteiger partial charge on any atom is 0.240 e. The second-order valence-corrected chi connectivity index (χ2v) is 18.1. The summed E-state index contributed by atoms with van der Waals surface area (Å²) in [4.78, 5) is 0. The summed E-state index contributed by atoms with van der Waals surface area (Å²) in [7, 11) is -2.04. The predicted molar refractivity (Wildman–Crippen MR) is 228 cm³/mol. The Labute approximate surface area is 333 Å². The molecule has 0 radical (unpaired) electrons. The Morgan fingerprint density at radius 1 is 0.600 bits per heavy atom. The van der Waals surface area contributed by atoms with Gasteiger partial charge in [-0.1, -0.05) is 185 Å². The molecule has 2 aromatic heterocycles. The van der Waals surface area contributed by atoms with Crippen LogP contribution >= 0.6 is 15.9 Å². The Kier molecular flexibility index (Phi) is 10.3. The summed E-state index contributed by atoms with van der Waals surface area (Å²) >= 11 is 3.85. The van der Waals surface area contributed by atoms with Crippen molar-refractivity contribution in [2.24, 2.45) is 0 Å². The van der Waals surface area contributed by atoms with E-state index in [4.69, 9.17) is 14.7 Å². The molecule has 0 N–H and O–H groups in total. The molecule has 0 saturated heterocycles. The second kappa shape index (κ2) is 15.6. The number of hydrogen-bond acceptors (Lipinski definition) is 4. The Morgan fingerprint density at radius 3 is 1.58 bits per heavy atom. The van der Waals surface area contributed by atoms with Gasteiger partial charge in [-0.2, -0.15) is 0 Å². The van der Waals surface area contributed by atoms with Gasteiger partial charge in [0.2, 0.25) is 14.9 Å². The maximum atomic E-state index is 7.09. The number of hydrogen-bond donors (Lipinski definition) is 0. The molecule has 0 amide bonds. The fourth-order valence-corrected chi connectivity index (χ4v) is 10.2. The maximum absolute atomic E-state index is 7.09. The van der Waals surface area contributed by atoms with Gasteiger partial charge in [0, 0.05) is 16.2 Å². The Balaban J connectivity index is 1.31. The lowest BCUT2D eigenvalue weighted by Crippen LogP contribution is -2.44. The first kappa shape index (κ1) is 36.3. The van der Waals surface area contributed by atoms with Gasteiger partial charge in [0.1, 0.15) is 5.54 Å². The lowest BCUT2D eigenvalue weighted by molar-refractivity contribution is 0.321. The Morgan fingerprint density at radius 2 is 1.09 bits per heavy atom. The molecule has 8 aromatic rings. The highest BCUT2D eigenvalue weighted by atomic mass is 79.9. The molecule has 0 saturated carbocycles. The fraction of sp³-hybridized carbons (Fsp3) is 0.128. The topological polar surface area (TPSA) is 57.8 Å². The highest BCUT2D eigenvalue weighted by Crippen LogP contribution is 2.43. The molecule has 272 valence electrons. The van der Waals surface area contributed by atoms with Crippen molar-refractivity contribution in [2.75, 3.05) is 0 Å². The monoisotopic (exact) mass is 799 g/mol. The van der Waals surface area contributed by atoms with Gasteiger partial charge in [-0.05, 0) is 76.5 Å². The molecular formula is C47H42BrN5OSi. The van der Waals surface area contributed by atoms with Crippen LogP contribution in [0.3, 0.4) is 0 Å². The van der Waals surface area contributed by atoms with E-state index < -0.39 is 14.6 Å². The van der Waals surface area contributed by atoms with E-state index in [1.807, 2.05) is 22.9 Å². The van der Waals surface area contributed by atoms with Crippen molar-refractivity contribution in [3.8, 4) is 17.2 Å². The number of halogens is 1. The first-order valence-corrected chi connectivity index (χ1v) is 20.9. The molecule has 0 fully saturated rings. The molecule has 8 heteroatoms. The van der Waals surface area contributed by atoms with Crippen molar-refractivity contribution >= 4 is 35.3 Å². The van der Waals surface area contributed by atoms with Crippen molar-refractivity contribution in [3.63, 3.8) is 0 Å². The highest BCUT2D eigenvalue weighted by molar-refractivity contribution is 9.10. The van der Waals surface area contributed by atoms with E-state index in [1.165, 1.54) is 15.9 Å². The van der Waals surface area contributed by atoms with E-state index in [0.29, 0.717) is 12.4 Å². The summed E-state index contributed by atoms with van der Waals surface area (Å²) in [6.45, 7) is 7.18. The average molecular weight is 801 g/mol. The minimum Gasteiger partial charge on any atom is -0.407 e. The SMILES string of the molecule is CC(C)(C)c1ccc(-n2cc(Br)cc2-c2nnnn2C(c2ccccc2)(c2ccccc2)c2ccccc2)c(CO[SiH](c2ccccc2)c2ccccc2)c1. The van der Waals surface area contributed by atoms with Crippen LogP contribution in [-0.4, -0.2) is 33.8 Å². The molecule has 0 bridgehead atoms. The van der Waals surface area contributed by atoms with Gasteiger partial charge in [-0.25, -0.2) is 4.68 Å². The summed E-state index contributed by atoms with van der Waals surface area (Å²) in [5, 5.41) is 16.5. The van der Waals surface area contributed by atoms with Crippen molar-refractivity contribution in [1.82, 2.24) is 24.8 Å². The van der Waals surface area contributed by atoms with Crippen LogP contribution in [0.2, 0.25) is 0 Å². The van der Waals surface area contributed by atoms with Crippen molar-refractivity contribution < 1.29 is 4.43 Å². The van der Waals surface area contributed by atoms with Crippen LogP contribution in [-0.2, 0) is 22.0 Å². The molecular weight excluding hydrogens is 759 g/mol. The largest absolute Gasteiger partial charge is 0.407 e. The number of rotatable bonds is 11. The zero-order valence-electron chi connectivity index (χ0n) is 31.1. The quantitative estimate of drug-likeness (QED) is 0.0969. The number of aromatic nitrogens is 5. The van der Waals surface area contributed by atoms with E-state index >= 15 is 0 Å². The summed E-state index contributed by atoms with van der Waals surface area (Å²) in [5.74, 6) is 0.620. The molecule has 55 heavy (non-hydrogen) atoms. The standard InChI is InChI=1S/C47H42BrN5OSi/c1-46(2,3)39-29-30-43(35(31-39)34-54-55(41-25-15-7-16-26-41)42-27-17-8-18-28-42)52-33-40(48)32-44(52)45-49-50-51-53(45)47(36-19-9-4-10-20-36,37-21-11-5-12-22-37)38-23-13-6-14-24-38/h4-33,55H,34H2,1-3H3. The van der Waals surface area contributed by atoms with Gasteiger partial charge in [0.25, 0.3) is 0 Å². The van der Waals surface area contributed by atoms with Crippen molar-refractivity contribution in [3.05, 3.63) is 214 Å². The lowest BCUT2D eigenvalue weighted by Gasteiger charge is -2.36. The number of nitrogens with zero attached hydrogens (tertiary/aromatic N) is 5. The second-order valence-electron chi connectivity index (χ2n) is 14.7. The smallest absolute Gasteiger partial charge is 0.240 e. The van der Waals surface area contributed by atoms with E-state index in [1.54, 1.807) is 0 Å². The minimum atomic E-state index is -2.04. The molecule has 0 aliphatic heterocycles. The summed E-state index contributed by atoms with van der Waals surface area (Å²) in [6, 6.07) is 61.6. The molecule has 0 atom stereocenters. The van der Waals surface area contributed by atoms with Gasteiger partial charge in [0.15, 0.2) is 0 Å². The molecule has 0 aliphatic rings. The Hall–Kier alpha value is -5.67. The lowest BCUT2D eigenvalue weighted by atomic mass is 9.77. The molecule has 0 unspecified atom stereocenters. The van der Waals surface area contributed by atoms with Crippen molar-refractivity contribution in [2.45, 2.75) is 38.3 Å². The number of tetrazole rings is 1. The van der Waals surface area contributed by atoms with Crippen LogP contribution in [0.1, 0.15) is 48.6 Å². The summed E-state index contributed by atoms with van der Waals surface area (Å²) in [6.07, 6.45) is 2.10. The molecule has 6 aromatic carbocycles. The molecule has 6 nitrogen and oxygen atoms in total. The highest BCUT2D eigenvalue weighted by Gasteiger charge is 2.42. The van der Waals surface area contributed by atoms with Crippen LogP contribution in [0.5, 0.6) is 0 Å². The van der Waals surface area contributed by atoms with Crippen LogP contribution in [0, 0.1) is 0 Å². The van der Waals surface area contributed by atoms with E-state index in [0.717, 1.165) is 38.1 Å².